The van der Waals surface area contributed by atoms with E-state index >= 15 is 0 Å². The van der Waals surface area contributed by atoms with E-state index in [0.717, 1.165) is 44.6 Å². The van der Waals surface area contributed by atoms with Gasteiger partial charge in [0.15, 0.2) is 0 Å². The summed E-state index contributed by atoms with van der Waals surface area (Å²) in [5.41, 5.74) is 3.06. The molecule has 2 aliphatic rings. The first-order valence-corrected chi connectivity index (χ1v) is 12.2. The van der Waals surface area contributed by atoms with Crippen LogP contribution in [0.4, 0.5) is 10.1 Å². The summed E-state index contributed by atoms with van der Waals surface area (Å²) in [5.74, 6) is -0.135. The Bertz CT molecular complexity index is 906. The SMILES string of the molecule is C[C@@H](NC(=O)C1CCN(Cc2ccc(Cl)cc2F)CC1)c1ccc(N2CCCCC2)cc1. The fraction of sp³-hybridized carbons (Fsp3) is 0.500. The molecular formula is C26H33ClFN3O. The number of carbonyl (C=O) groups is 1. The van der Waals surface area contributed by atoms with Gasteiger partial charge in [-0.15, -0.1) is 0 Å². The van der Waals surface area contributed by atoms with Crippen molar-refractivity contribution < 1.29 is 9.18 Å². The fourth-order valence-electron chi connectivity index (χ4n) is 4.78. The molecule has 2 fully saturated rings. The second-order valence-electron chi connectivity index (χ2n) is 9.16. The van der Waals surface area contributed by atoms with Gasteiger partial charge in [0.25, 0.3) is 0 Å². The smallest absolute Gasteiger partial charge is 0.223 e. The van der Waals surface area contributed by atoms with E-state index in [1.807, 2.05) is 6.92 Å². The largest absolute Gasteiger partial charge is 0.372 e. The van der Waals surface area contributed by atoms with Gasteiger partial charge in [0.05, 0.1) is 6.04 Å². The Kier molecular flexibility index (Phi) is 7.69. The standard InChI is InChI=1S/C26H33ClFN3O/c1-19(20-6-9-24(10-7-20)31-13-3-2-4-14-31)29-26(32)21-11-15-30(16-12-21)18-22-5-8-23(27)17-25(22)28/h5-10,17,19,21H,2-4,11-16,18H2,1H3,(H,29,32)/t19-/m1/s1. The molecule has 0 unspecified atom stereocenters. The molecule has 0 saturated carbocycles. The summed E-state index contributed by atoms with van der Waals surface area (Å²) in [6.45, 7) is 6.45. The van der Waals surface area contributed by atoms with Crippen LogP contribution in [0.25, 0.3) is 0 Å². The van der Waals surface area contributed by atoms with Crippen molar-refractivity contribution in [1.82, 2.24) is 10.2 Å². The first kappa shape index (κ1) is 23.1. The maximum absolute atomic E-state index is 14.1. The van der Waals surface area contributed by atoms with Crippen molar-refractivity contribution in [3.63, 3.8) is 0 Å². The van der Waals surface area contributed by atoms with Crippen molar-refractivity contribution in [2.24, 2.45) is 5.92 Å². The lowest BCUT2D eigenvalue weighted by atomic mass is 9.94. The Labute approximate surface area is 195 Å². The van der Waals surface area contributed by atoms with Gasteiger partial charge in [-0.05, 0) is 81.9 Å². The summed E-state index contributed by atoms with van der Waals surface area (Å²) >= 11 is 5.84. The normalized spacial score (nSPS) is 19.0. The van der Waals surface area contributed by atoms with Crippen LogP contribution < -0.4 is 10.2 Å². The van der Waals surface area contributed by atoms with E-state index in [0.29, 0.717) is 17.1 Å². The third-order valence-corrected chi connectivity index (χ3v) is 7.08. The molecule has 0 radical (unpaired) electrons. The summed E-state index contributed by atoms with van der Waals surface area (Å²) in [4.78, 5) is 17.5. The van der Waals surface area contributed by atoms with E-state index in [1.54, 1.807) is 12.1 Å². The van der Waals surface area contributed by atoms with Crippen LogP contribution in [-0.4, -0.2) is 37.0 Å². The zero-order valence-electron chi connectivity index (χ0n) is 18.8. The number of amides is 1. The van der Waals surface area contributed by atoms with Crippen molar-refractivity contribution in [3.05, 3.63) is 64.4 Å². The lowest BCUT2D eigenvalue weighted by Gasteiger charge is -2.32. The molecule has 0 aromatic heterocycles. The predicted octanol–water partition coefficient (Wildman–Crippen LogP) is 5.56. The summed E-state index contributed by atoms with van der Waals surface area (Å²) in [6, 6.07) is 13.4. The Morgan fingerprint density at radius 3 is 2.41 bits per heavy atom. The van der Waals surface area contributed by atoms with Crippen molar-refractivity contribution in [2.45, 2.75) is 51.6 Å². The molecule has 0 spiro atoms. The highest BCUT2D eigenvalue weighted by molar-refractivity contribution is 6.30. The van der Waals surface area contributed by atoms with Gasteiger partial charge in [0, 0.05) is 41.8 Å². The van der Waals surface area contributed by atoms with Gasteiger partial charge in [-0.25, -0.2) is 4.39 Å². The molecule has 1 N–H and O–H groups in total. The van der Waals surface area contributed by atoms with Crippen LogP contribution in [0.1, 0.15) is 56.2 Å². The number of piperidine rings is 2. The Balaban J connectivity index is 1.25. The lowest BCUT2D eigenvalue weighted by molar-refractivity contribution is -0.127. The topological polar surface area (TPSA) is 35.6 Å². The maximum Gasteiger partial charge on any atom is 0.223 e. The van der Waals surface area contributed by atoms with Crippen LogP contribution in [0.15, 0.2) is 42.5 Å². The summed E-state index contributed by atoms with van der Waals surface area (Å²) < 4.78 is 14.1. The Hall–Kier alpha value is -2.11. The van der Waals surface area contributed by atoms with E-state index in [1.165, 1.54) is 31.0 Å². The molecule has 32 heavy (non-hydrogen) atoms. The van der Waals surface area contributed by atoms with Crippen LogP contribution in [0, 0.1) is 11.7 Å². The van der Waals surface area contributed by atoms with E-state index in [2.05, 4.69) is 39.4 Å². The Morgan fingerprint density at radius 2 is 1.75 bits per heavy atom. The number of nitrogens with zero attached hydrogens (tertiary/aromatic N) is 2. The minimum absolute atomic E-state index is 0.0105. The van der Waals surface area contributed by atoms with Crippen LogP contribution in [-0.2, 0) is 11.3 Å². The highest BCUT2D eigenvalue weighted by Gasteiger charge is 2.26. The molecule has 1 atom stereocenters. The molecule has 6 heteroatoms. The van der Waals surface area contributed by atoms with Crippen molar-refractivity contribution in [3.8, 4) is 0 Å². The van der Waals surface area contributed by atoms with E-state index in [-0.39, 0.29) is 23.7 Å². The van der Waals surface area contributed by atoms with Crippen LogP contribution >= 0.6 is 11.6 Å². The molecule has 0 bridgehead atoms. The third-order valence-electron chi connectivity index (χ3n) is 6.84. The average Bonchev–Trinajstić information content (AvgIpc) is 2.82. The molecule has 2 aliphatic heterocycles. The number of nitrogens with one attached hydrogen (secondary N) is 1. The molecule has 2 aromatic carbocycles. The second kappa shape index (κ2) is 10.7. The number of hydrogen-bond acceptors (Lipinski definition) is 3. The average molecular weight is 458 g/mol. The number of halogens is 2. The fourth-order valence-corrected chi connectivity index (χ4v) is 4.94. The molecule has 2 aromatic rings. The molecule has 4 rings (SSSR count). The number of anilines is 1. The van der Waals surface area contributed by atoms with Crippen molar-refractivity contribution in [2.75, 3.05) is 31.1 Å². The highest BCUT2D eigenvalue weighted by Crippen LogP contribution is 2.25. The van der Waals surface area contributed by atoms with Gasteiger partial charge >= 0.3 is 0 Å². The first-order valence-electron chi connectivity index (χ1n) is 11.8. The van der Waals surface area contributed by atoms with E-state index in [4.69, 9.17) is 11.6 Å². The van der Waals surface area contributed by atoms with Crippen LogP contribution in [0.5, 0.6) is 0 Å². The van der Waals surface area contributed by atoms with Crippen LogP contribution in [0.3, 0.4) is 0 Å². The third kappa shape index (κ3) is 5.81. The number of hydrogen-bond donors (Lipinski definition) is 1. The molecular weight excluding hydrogens is 425 g/mol. The number of likely N-dealkylation sites (tertiary alicyclic amines) is 1. The van der Waals surface area contributed by atoms with Gasteiger partial charge in [0.1, 0.15) is 5.82 Å². The second-order valence-corrected chi connectivity index (χ2v) is 9.59. The van der Waals surface area contributed by atoms with Crippen molar-refractivity contribution in [1.29, 1.82) is 0 Å². The quantitative estimate of drug-likeness (QED) is 0.616. The van der Waals surface area contributed by atoms with E-state index < -0.39 is 0 Å². The van der Waals surface area contributed by atoms with Gasteiger partial charge in [-0.2, -0.15) is 0 Å². The van der Waals surface area contributed by atoms with Crippen molar-refractivity contribution >= 4 is 23.2 Å². The van der Waals surface area contributed by atoms with Crippen LogP contribution in [0.2, 0.25) is 5.02 Å². The lowest BCUT2D eigenvalue weighted by Crippen LogP contribution is -2.41. The predicted molar refractivity (Wildman–Crippen MR) is 128 cm³/mol. The molecule has 4 nitrogen and oxygen atoms in total. The zero-order valence-corrected chi connectivity index (χ0v) is 19.6. The molecule has 2 heterocycles. The molecule has 172 valence electrons. The highest BCUT2D eigenvalue weighted by atomic mass is 35.5. The number of benzene rings is 2. The Morgan fingerprint density at radius 1 is 1.06 bits per heavy atom. The van der Waals surface area contributed by atoms with Gasteiger partial charge in [-0.3, -0.25) is 9.69 Å². The van der Waals surface area contributed by atoms with E-state index in [9.17, 15) is 9.18 Å². The minimum Gasteiger partial charge on any atom is -0.372 e. The molecule has 0 aliphatic carbocycles. The van der Waals surface area contributed by atoms with Gasteiger partial charge in [-0.1, -0.05) is 29.8 Å². The molecule has 1 amide bonds. The summed E-state index contributed by atoms with van der Waals surface area (Å²) in [5, 5.41) is 3.61. The van der Waals surface area contributed by atoms with Gasteiger partial charge in [0.2, 0.25) is 5.91 Å². The summed E-state index contributed by atoms with van der Waals surface area (Å²) in [6.07, 6.45) is 5.45. The minimum atomic E-state index is -0.266. The summed E-state index contributed by atoms with van der Waals surface area (Å²) in [7, 11) is 0. The number of rotatable bonds is 6. The van der Waals surface area contributed by atoms with Gasteiger partial charge < -0.3 is 10.2 Å². The number of carbonyl (C=O) groups excluding carboxylic acids is 1. The first-order chi connectivity index (χ1) is 15.5. The molecule has 2 saturated heterocycles. The zero-order chi connectivity index (χ0) is 22.5. The monoisotopic (exact) mass is 457 g/mol. The maximum atomic E-state index is 14.1.